The summed E-state index contributed by atoms with van der Waals surface area (Å²) in [5.74, 6) is 1.41. The van der Waals surface area contributed by atoms with Crippen molar-refractivity contribution in [3.63, 3.8) is 0 Å². The fraction of sp³-hybridized carbons (Fsp3) is 0.280. The Morgan fingerprint density at radius 1 is 1.21 bits per heavy atom. The molecular formula is C25H26N4O4. The van der Waals surface area contributed by atoms with Crippen LogP contribution in [0, 0.1) is 25.2 Å². The molecule has 0 aliphatic carbocycles. The number of benzene rings is 2. The molecule has 0 aliphatic rings. The molecule has 8 nitrogen and oxygen atoms in total. The summed E-state index contributed by atoms with van der Waals surface area (Å²) in [6.45, 7) is 5.97. The van der Waals surface area contributed by atoms with Crippen molar-refractivity contribution in [2.45, 2.75) is 33.4 Å². The Kier molecular flexibility index (Phi) is 7.13. The third kappa shape index (κ3) is 5.57. The van der Waals surface area contributed by atoms with Gasteiger partial charge in [0.05, 0.1) is 17.4 Å². The maximum Gasteiger partial charge on any atom is 0.326 e. The summed E-state index contributed by atoms with van der Waals surface area (Å²) in [4.78, 5) is 45.1. The predicted molar refractivity (Wildman–Crippen MR) is 127 cm³/mol. The number of nitrogens with one attached hydrogen (secondary N) is 2. The zero-order chi connectivity index (χ0) is 24.1. The summed E-state index contributed by atoms with van der Waals surface area (Å²) in [5, 5.41) is 12.3. The summed E-state index contributed by atoms with van der Waals surface area (Å²) < 4.78 is 0. The number of fused-ring (bicyclic) bond motifs is 1. The largest absolute Gasteiger partial charge is 0.480 e. The van der Waals surface area contributed by atoms with E-state index in [2.05, 4.69) is 21.2 Å². The second-order valence-electron chi connectivity index (χ2n) is 8.14. The van der Waals surface area contributed by atoms with Crippen LogP contribution in [0.2, 0.25) is 0 Å². The lowest BCUT2D eigenvalue weighted by Gasteiger charge is -2.23. The van der Waals surface area contributed by atoms with Crippen LogP contribution in [0.5, 0.6) is 0 Å². The molecule has 0 saturated heterocycles. The molecule has 0 radical (unpaired) electrons. The molecule has 0 aliphatic heterocycles. The number of aliphatic carboxylic acids is 1. The number of carboxylic acid groups (broad SMARTS) is 1. The maximum absolute atomic E-state index is 12.5. The molecule has 3 aromatic rings. The topological polar surface area (TPSA) is 115 Å². The van der Waals surface area contributed by atoms with Crippen LogP contribution in [-0.4, -0.2) is 39.5 Å². The van der Waals surface area contributed by atoms with E-state index in [1.807, 2.05) is 17.0 Å². The van der Waals surface area contributed by atoms with E-state index in [0.29, 0.717) is 35.4 Å². The average Bonchev–Trinajstić information content (AvgIpc) is 2.77. The van der Waals surface area contributed by atoms with Gasteiger partial charge in [-0.2, -0.15) is 0 Å². The van der Waals surface area contributed by atoms with Gasteiger partial charge >= 0.3 is 5.97 Å². The van der Waals surface area contributed by atoms with Crippen molar-refractivity contribution in [1.82, 2.24) is 15.3 Å². The number of anilines is 1. The van der Waals surface area contributed by atoms with E-state index in [1.165, 1.54) is 0 Å². The number of rotatable bonds is 8. The van der Waals surface area contributed by atoms with Crippen LogP contribution in [-0.2, 0) is 11.3 Å². The zero-order valence-electron chi connectivity index (χ0n) is 18.8. The molecule has 8 heteroatoms. The lowest BCUT2D eigenvalue weighted by molar-refractivity contribution is -0.140. The van der Waals surface area contributed by atoms with Gasteiger partial charge in [-0.25, -0.2) is 9.78 Å². The highest BCUT2D eigenvalue weighted by atomic mass is 16.4. The summed E-state index contributed by atoms with van der Waals surface area (Å²) in [7, 11) is 0. The molecule has 1 aromatic heterocycles. The van der Waals surface area contributed by atoms with Crippen LogP contribution in [0.1, 0.15) is 35.6 Å². The van der Waals surface area contributed by atoms with Gasteiger partial charge in [0.25, 0.3) is 11.5 Å². The molecule has 1 heterocycles. The first-order chi connectivity index (χ1) is 15.7. The molecular weight excluding hydrogens is 420 g/mol. The number of carbonyl (C=O) groups excluding carboxylic acids is 1. The molecule has 1 atom stereocenters. The highest BCUT2D eigenvalue weighted by molar-refractivity contribution is 5.97. The Labute approximate surface area is 191 Å². The number of carboxylic acids is 1. The predicted octanol–water partition coefficient (Wildman–Crippen LogP) is 2.71. The average molecular weight is 447 g/mol. The smallest absolute Gasteiger partial charge is 0.326 e. The monoisotopic (exact) mass is 446 g/mol. The van der Waals surface area contributed by atoms with Gasteiger partial charge < -0.3 is 20.3 Å². The molecule has 170 valence electrons. The van der Waals surface area contributed by atoms with Crippen molar-refractivity contribution in [2.24, 2.45) is 5.92 Å². The Balaban J connectivity index is 1.81. The lowest BCUT2D eigenvalue weighted by atomic mass is 10.0. The number of hydrogen-bond donors (Lipinski definition) is 3. The number of nitrogens with zero attached hydrogens (tertiary/aromatic N) is 2. The van der Waals surface area contributed by atoms with Gasteiger partial charge in [-0.15, -0.1) is 6.42 Å². The van der Waals surface area contributed by atoms with E-state index in [-0.39, 0.29) is 11.5 Å². The van der Waals surface area contributed by atoms with Crippen molar-refractivity contribution in [3.8, 4) is 12.3 Å². The van der Waals surface area contributed by atoms with E-state index >= 15 is 0 Å². The Morgan fingerprint density at radius 3 is 2.52 bits per heavy atom. The van der Waals surface area contributed by atoms with E-state index in [1.54, 1.807) is 51.1 Å². The summed E-state index contributed by atoms with van der Waals surface area (Å²) >= 11 is 0. The quantitative estimate of drug-likeness (QED) is 0.458. The fourth-order valence-corrected chi connectivity index (χ4v) is 3.53. The van der Waals surface area contributed by atoms with Gasteiger partial charge in [0.15, 0.2) is 0 Å². The van der Waals surface area contributed by atoms with Gasteiger partial charge in [0.2, 0.25) is 0 Å². The number of hydrogen-bond acceptors (Lipinski definition) is 5. The van der Waals surface area contributed by atoms with Gasteiger partial charge in [0.1, 0.15) is 11.9 Å². The molecule has 33 heavy (non-hydrogen) atoms. The molecule has 0 spiro atoms. The SMILES string of the molecule is C#CCN(Cc1ccc2nc(C)[nH]c(=O)c2c1)c1ccc(C(=O)N[C@H](C(=O)O)C(C)C)cc1. The number of terminal acetylenes is 1. The molecule has 2 aromatic carbocycles. The van der Waals surface area contributed by atoms with Crippen molar-refractivity contribution < 1.29 is 14.7 Å². The normalized spacial score (nSPS) is 11.7. The Bertz CT molecular complexity index is 1270. The summed E-state index contributed by atoms with van der Waals surface area (Å²) in [6.07, 6.45) is 5.56. The van der Waals surface area contributed by atoms with Crippen LogP contribution in [0.25, 0.3) is 10.9 Å². The van der Waals surface area contributed by atoms with Crippen molar-refractivity contribution in [2.75, 3.05) is 11.4 Å². The summed E-state index contributed by atoms with van der Waals surface area (Å²) in [5.41, 5.74) is 2.46. The maximum atomic E-state index is 12.5. The minimum Gasteiger partial charge on any atom is -0.480 e. The highest BCUT2D eigenvalue weighted by Gasteiger charge is 2.24. The van der Waals surface area contributed by atoms with Crippen molar-refractivity contribution >= 4 is 28.5 Å². The Hall–Kier alpha value is -4.12. The van der Waals surface area contributed by atoms with Crippen LogP contribution in [0.3, 0.4) is 0 Å². The van der Waals surface area contributed by atoms with Crippen LogP contribution >= 0.6 is 0 Å². The van der Waals surface area contributed by atoms with Crippen LogP contribution in [0.4, 0.5) is 5.69 Å². The standard InChI is InChI=1S/C25H26N4O4/c1-5-12-29(14-17-6-11-21-20(13-17)24(31)27-16(4)26-21)19-9-7-18(8-10-19)23(30)28-22(15(2)3)25(32)33/h1,6-11,13,15,22H,12,14H2,2-4H3,(H,28,30)(H,32,33)(H,26,27,31)/t22-/m0/s1. The first-order valence-electron chi connectivity index (χ1n) is 10.5. The van der Waals surface area contributed by atoms with E-state index in [9.17, 15) is 19.5 Å². The lowest BCUT2D eigenvalue weighted by Crippen LogP contribution is -2.44. The molecule has 0 saturated carbocycles. The van der Waals surface area contributed by atoms with Gasteiger partial charge in [0, 0.05) is 17.8 Å². The van der Waals surface area contributed by atoms with Gasteiger partial charge in [-0.05, 0) is 54.8 Å². The van der Waals surface area contributed by atoms with E-state index < -0.39 is 17.9 Å². The van der Waals surface area contributed by atoms with Gasteiger partial charge in [-0.1, -0.05) is 25.8 Å². The first kappa shape index (κ1) is 23.5. The number of amides is 1. The number of H-pyrrole nitrogens is 1. The third-order valence-electron chi connectivity index (χ3n) is 5.26. The minimum atomic E-state index is -1.07. The highest BCUT2D eigenvalue weighted by Crippen LogP contribution is 2.20. The first-order valence-corrected chi connectivity index (χ1v) is 10.5. The molecule has 3 N–H and O–H groups in total. The second kappa shape index (κ2) is 10.0. The Morgan fingerprint density at radius 2 is 1.91 bits per heavy atom. The number of carbonyl (C=O) groups is 2. The molecule has 3 rings (SSSR count). The molecule has 0 fully saturated rings. The van der Waals surface area contributed by atoms with Crippen LogP contribution in [0.15, 0.2) is 47.3 Å². The number of aromatic amines is 1. The zero-order valence-corrected chi connectivity index (χ0v) is 18.8. The molecule has 0 unspecified atom stereocenters. The molecule has 0 bridgehead atoms. The second-order valence-corrected chi connectivity index (χ2v) is 8.14. The van der Waals surface area contributed by atoms with Crippen molar-refractivity contribution in [3.05, 3.63) is 69.8 Å². The van der Waals surface area contributed by atoms with Crippen molar-refractivity contribution in [1.29, 1.82) is 0 Å². The molecule has 1 amide bonds. The number of aromatic nitrogens is 2. The van der Waals surface area contributed by atoms with E-state index in [4.69, 9.17) is 6.42 Å². The van der Waals surface area contributed by atoms with Crippen LogP contribution < -0.4 is 15.8 Å². The third-order valence-corrected chi connectivity index (χ3v) is 5.26. The van der Waals surface area contributed by atoms with Gasteiger partial charge in [-0.3, -0.25) is 9.59 Å². The number of aryl methyl sites for hydroxylation is 1. The minimum absolute atomic E-state index is 0.195. The fourth-order valence-electron chi connectivity index (χ4n) is 3.53. The van der Waals surface area contributed by atoms with E-state index in [0.717, 1.165) is 11.3 Å². The summed E-state index contributed by atoms with van der Waals surface area (Å²) in [6, 6.07) is 11.3.